The fourth-order valence-electron chi connectivity index (χ4n) is 1.82. The van der Waals surface area contributed by atoms with E-state index >= 15 is 0 Å². The number of methoxy groups -OCH3 is 1. The van der Waals surface area contributed by atoms with Crippen LogP contribution in [-0.2, 0) is 4.74 Å². The number of anilines is 2. The number of hydrogen-bond acceptors (Lipinski definition) is 7. The SMILES string of the molecule is COCCNc1nncc(N2CCN(C)CC2)n1. The van der Waals surface area contributed by atoms with Crippen LogP contribution in [0.4, 0.5) is 11.8 Å². The number of likely N-dealkylation sites (N-methyl/N-ethyl adjacent to an activating group) is 1. The molecule has 7 nitrogen and oxygen atoms in total. The minimum Gasteiger partial charge on any atom is -0.383 e. The molecule has 1 fully saturated rings. The Kier molecular flexibility index (Phi) is 4.66. The molecule has 100 valence electrons. The van der Waals surface area contributed by atoms with Crippen molar-refractivity contribution in [3.63, 3.8) is 0 Å². The molecule has 7 heteroatoms. The molecule has 1 saturated heterocycles. The molecule has 0 bridgehead atoms. The van der Waals surface area contributed by atoms with E-state index in [1.807, 2.05) is 0 Å². The van der Waals surface area contributed by atoms with E-state index in [0.717, 1.165) is 32.0 Å². The van der Waals surface area contributed by atoms with Crippen LogP contribution in [0.15, 0.2) is 6.20 Å². The number of piperazine rings is 1. The van der Waals surface area contributed by atoms with Crippen LogP contribution in [0.3, 0.4) is 0 Å². The number of nitrogens with one attached hydrogen (secondary N) is 1. The highest BCUT2D eigenvalue weighted by atomic mass is 16.5. The van der Waals surface area contributed by atoms with Gasteiger partial charge in [-0.15, -0.1) is 5.10 Å². The van der Waals surface area contributed by atoms with Gasteiger partial charge < -0.3 is 19.9 Å². The first-order chi connectivity index (χ1) is 8.79. The molecule has 1 aliphatic rings. The van der Waals surface area contributed by atoms with Crippen molar-refractivity contribution in [1.29, 1.82) is 0 Å². The summed E-state index contributed by atoms with van der Waals surface area (Å²) in [5.74, 6) is 1.45. The van der Waals surface area contributed by atoms with Gasteiger partial charge in [-0.05, 0) is 7.05 Å². The number of ether oxygens (including phenoxy) is 1. The summed E-state index contributed by atoms with van der Waals surface area (Å²) in [6.45, 7) is 5.37. The lowest BCUT2D eigenvalue weighted by atomic mass is 10.3. The maximum Gasteiger partial charge on any atom is 0.244 e. The summed E-state index contributed by atoms with van der Waals surface area (Å²) in [4.78, 5) is 9.00. The average molecular weight is 252 g/mol. The van der Waals surface area contributed by atoms with Crippen LogP contribution in [0, 0.1) is 0 Å². The summed E-state index contributed by atoms with van der Waals surface area (Å²) in [6.07, 6.45) is 1.72. The van der Waals surface area contributed by atoms with Crippen molar-refractivity contribution in [3.05, 3.63) is 6.20 Å². The summed E-state index contributed by atoms with van der Waals surface area (Å²) in [6, 6.07) is 0. The second-order valence-electron chi connectivity index (χ2n) is 4.35. The van der Waals surface area contributed by atoms with Crippen LogP contribution in [0.2, 0.25) is 0 Å². The van der Waals surface area contributed by atoms with Gasteiger partial charge in [-0.25, -0.2) is 0 Å². The van der Waals surface area contributed by atoms with Crippen LogP contribution < -0.4 is 10.2 Å². The van der Waals surface area contributed by atoms with Gasteiger partial charge in [0.05, 0.1) is 12.8 Å². The van der Waals surface area contributed by atoms with E-state index in [2.05, 4.69) is 37.3 Å². The van der Waals surface area contributed by atoms with Crippen molar-refractivity contribution in [2.75, 3.05) is 63.7 Å². The highest BCUT2D eigenvalue weighted by Gasteiger charge is 2.16. The van der Waals surface area contributed by atoms with Crippen molar-refractivity contribution in [3.8, 4) is 0 Å². The van der Waals surface area contributed by atoms with Crippen LogP contribution in [0.5, 0.6) is 0 Å². The average Bonchev–Trinajstić information content (AvgIpc) is 2.40. The zero-order valence-corrected chi connectivity index (χ0v) is 11.0. The van der Waals surface area contributed by atoms with Crippen LogP contribution in [0.1, 0.15) is 0 Å². The Bertz CT molecular complexity index is 366. The van der Waals surface area contributed by atoms with Gasteiger partial charge in [-0.1, -0.05) is 0 Å². The molecule has 0 saturated carbocycles. The summed E-state index contributed by atoms with van der Waals surface area (Å²) in [7, 11) is 3.80. The fraction of sp³-hybridized carbons (Fsp3) is 0.727. The normalized spacial score (nSPS) is 16.9. The van der Waals surface area contributed by atoms with Crippen molar-refractivity contribution in [1.82, 2.24) is 20.1 Å². The Balaban J connectivity index is 1.94. The summed E-state index contributed by atoms with van der Waals surface area (Å²) in [5, 5.41) is 11.0. The molecule has 1 aromatic heterocycles. The molecule has 1 aliphatic heterocycles. The minimum absolute atomic E-state index is 0.559. The Labute approximate surface area is 107 Å². The van der Waals surface area contributed by atoms with Crippen molar-refractivity contribution >= 4 is 11.8 Å². The lowest BCUT2D eigenvalue weighted by Crippen LogP contribution is -2.44. The first-order valence-corrected chi connectivity index (χ1v) is 6.15. The molecule has 1 N–H and O–H groups in total. The fourth-order valence-corrected chi connectivity index (χ4v) is 1.82. The maximum atomic E-state index is 4.97. The molecule has 2 rings (SSSR count). The second-order valence-corrected chi connectivity index (χ2v) is 4.35. The van der Waals surface area contributed by atoms with E-state index in [9.17, 15) is 0 Å². The zero-order valence-electron chi connectivity index (χ0n) is 11.0. The summed E-state index contributed by atoms with van der Waals surface area (Å²) < 4.78 is 4.97. The van der Waals surface area contributed by atoms with Crippen LogP contribution in [-0.4, -0.2) is 73.6 Å². The van der Waals surface area contributed by atoms with Crippen molar-refractivity contribution in [2.24, 2.45) is 0 Å². The summed E-state index contributed by atoms with van der Waals surface area (Å²) in [5.41, 5.74) is 0. The smallest absolute Gasteiger partial charge is 0.244 e. The molecule has 1 aromatic rings. The number of hydrogen-bond donors (Lipinski definition) is 1. The van der Waals surface area contributed by atoms with Gasteiger partial charge in [0.25, 0.3) is 0 Å². The van der Waals surface area contributed by atoms with E-state index in [-0.39, 0.29) is 0 Å². The molecular weight excluding hydrogens is 232 g/mol. The van der Waals surface area contributed by atoms with E-state index in [1.54, 1.807) is 13.3 Å². The van der Waals surface area contributed by atoms with Gasteiger partial charge in [0.2, 0.25) is 5.95 Å². The van der Waals surface area contributed by atoms with Gasteiger partial charge in [-0.2, -0.15) is 10.1 Å². The Morgan fingerprint density at radius 2 is 2.11 bits per heavy atom. The Morgan fingerprint density at radius 3 is 2.83 bits per heavy atom. The molecule has 0 radical (unpaired) electrons. The first kappa shape index (κ1) is 13.0. The molecule has 0 aromatic carbocycles. The molecule has 0 spiro atoms. The molecule has 0 amide bonds. The highest BCUT2D eigenvalue weighted by molar-refractivity contribution is 5.40. The largest absolute Gasteiger partial charge is 0.383 e. The Hall–Kier alpha value is -1.47. The van der Waals surface area contributed by atoms with Gasteiger partial charge in [0.15, 0.2) is 5.82 Å². The quantitative estimate of drug-likeness (QED) is 0.720. The lowest BCUT2D eigenvalue weighted by molar-refractivity contribution is 0.210. The third-order valence-corrected chi connectivity index (χ3v) is 2.96. The van der Waals surface area contributed by atoms with E-state index in [0.29, 0.717) is 19.1 Å². The second kappa shape index (κ2) is 6.46. The van der Waals surface area contributed by atoms with Crippen molar-refractivity contribution < 1.29 is 4.74 Å². The standard InChI is InChI=1S/C11H20N6O/c1-16-4-6-17(7-5-16)10-9-13-15-11(14-10)12-3-8-18-2/h9H,3-8H2,1-2H3,(H,12,14,15). The van der Waals surface area contributed by atoms with E-state index in [4.69, 9.17) is 4.74 Å². The van der Waals surface area contributed by atoms with Gasteiger partial charge in [-0.3, -0.25) is 0 Å². The van der Waals surface area contributed by atoms with Crippen molar-refractivity contribution in [2.45, 2.75) is 0 Å². The third kappa shape index (κ3) is 3.51. The molecule has 2 heterocycles. The van der Waals surface area contributed by atoms with E-state index in [1.165, 1.54) is 0 Å². The topological polar surface area (TPSA) is 66.4 Å². The monoisotopic (exact) mass is 252 g/mol. The Morgan fingerprint density at radius 1 is 1.33 bits per heavy atom. The highest BCUT2D eigenvalue weighted by Crippen LogP contribution is 2.12. The van der Waals surface area contributed by atoms with E-state index < -0.39 is 0 Å². The summed E-state index contributed by atoms with van der Waals surface area (Å²) >= 11 is 0. The molecule has 18 heavy (non-hydrogen) atoms. The van der Waals surface area contributed by atoms with Crippen LogP contribution in [0.25, 0.3) is 0 Å². The zero-order chi connectivity index (χ0) is 12.8. The molecule has 0 unspecified atom stereocenters. The first-order valence-electron chi connectivity index (χ1n) is 6.15. The maximum absolute atomic E-state index is 4.97. The lowest BCUT2D eigenvalue weighted by Gasteiger charge is -2.32. The molecular formula is C11H20N6O. The minimum atomic E-state index is 0.559. The number of rotatable bonds is 5. The van der Waals surface area contributed by atoms with Gasteiger partial charge in [0, 0.05) is 39.8 Å². The van der Waals surface area contributed by atoms with Gasteiger partial charge >= 0.3 is 0 Å². The molecule has 0 aliphatic carbocycles. The van der Waals surface area contributed by atoms with Gasteiger partial charge in [0.1, 0.15) is 0 Å². The number of nitrogens with zero attached hydrogens (tertiary/aromatic N) is 5. The van der Waals surface area contributed by atoms with Crippen LogP contribution >= 0.6 is 0 Å². The third-order valence-electron chi connectivity index (χ3n) is 2.96. The predicted octanol–water partition coefficient (Wildman–Crippen LogP) is -0.318. The number of aromatic nitrogens is 3. The predicted molar refractivity (Wildman–Crippen MR) is 69.9 cm³/mol. The molecule has 0 atom stereocenters.